The van der Waals surface area contributed by atoms with Crippen molar-refractivity contribution < 1.29 is 28.6 Å². The number of anilines is 2. The minimum Gasteiger partial charge on any atom is -0.431 e. The van der Waals surface area contributed by atoms with E-state index in [2.05, 4.69) is 22.8 Å². The maximum absolute atomic E-state index is 12.7. The van der Waals surface area contributed by atoms with Gasteiger partial charge in [-0.1, -0.05) is 145 Å². The van der Waals surface area contributed by atoms with Crippen molar-refractivity contribution in [3.63, 3.8) is 0 Å². The van der Waals surface area contributed by atoms with Crippen LogP contribution in [-0.4, -0.2) is 33.8 Å². The average molecular weight is 845 g/mol. The number of hydrogen-bond acceptors (Lipinski definition) is 9. The number of nitrogens with two attached hydrogens (primary N) is 1. The van der Waals surface area contributed by atoms with Crippen LogP contribution in [0.15, 0.2) is 167 Å². The van der Waals surface area contributed by atoms with Gasteiger partial charge in [0.05, 0.1) is 30.2 Å². The van der Waals surface area contributed by atoms with Crippen molar-refractivity contribution in [2.45, 2.75) is 62.6 Å². The van der Waals surface area contributed by atoms with Gasteiger partial charge in [-0.15, -0.1) is 0 Å². The highest BCUT2D eigenvalue weighted by Crippen LogP contribution is 2.41. The molecule has 8 rings (SSSR count). The smallest absolute Gasteiger partial charge is 0.256 e. The molecule has 1 fully saturated rings. The van der Waals surface area contributed by atoms with Gasteiger partial charge in [-0.25, -0.2) is 4.98 Å². The molecule has 0 aliphatic carbocycles. The number of aromatic nitrogens is 1. The summed E-state index contributed by atoms with van der Waals surface area (Å²) in [6.45, 7) is 0.323. The fourth-order valence-corrected chi connectivity index (χ4v) is 8.22. The molecule has 11 heteroatoms. The molecule has 0 spiro atoms. The minimum atomic E-state index is -0.657. The fraction of sp³-hybridized carbons (Fsp3) is 0.196. The molecule has 3 unspecified atom stereocenters. The molecule has 2 amide bonds. The van der Waals surface area contributed by atoms with Crippen LogP contribution in [0.2, 0.25) is 0 Å². The summed E-state index contributed by atoms with van der Waals surface area (Å²) in [7, 11) is 0. The summed E-state index contributed by atoms with van der Waals surface area (Å²) in [6, 6.07) is 51.3. The predicted molar refractivity (Wildman–Crippen MR) is 244 cm³/mol. The Labute approximate surface area is 365 Å². The van der Waals surface area contributed by atoms with Gasteiger partial charge in [0.1, 0.15) is 5.69 Å². The number of aliphatic hydroxyl groups is 1. The van der Waals surface area contributed by atoms with Crippen LogP contribution in [0.4, 0.5) is 11.4 Å². The number of oxazole rings is 1. The number of carbonyl (C=O) groups excluding carboxylic acids is 2. The lowest BCUT2D eigenvalue weighted by atomic mass is 9.99. The lowest BCUT2D eigenvalue weighted by molar-refractivity contribution is -0.245. The summed E-state index contributed by atoms with van der Waals surface area (Å²) < 4.78 is 19.9. The molecule has 0 bridgehead atoms. The summed E-state index contributed by atoms with van der Waals surface area (Å²) in [4.78, 5) is 30.1. The molecule has 62 heavy (non-hydrogen) atoms. The van der Waals surface area contributed by atoms with Crippen LogP contribution in [0.1, 0.15) is 60.3 Å². The van der Waals surface area contributed by atoms with E-state index in [1.165, 1.54) is 11.8 Å². The molecule has 3 atom stereocenters. The normalized spacial score (nSPS) is 16.1. The second-order valence-corrected chi connectivity index (χ2v) is 16.1. The van der Waals surface area contributed by atoms with E-state index in [4.69, 9.17) is 24.6 Å². The van der Waals surface area contributed by atoms with Gasteiger partial charge >= 0.3 is 0 Å². The quantitative estimate of drug-likeness (QED) is 0.0551. The lowest BCUT2D eigenvalue weighted by Crippen LogP contribution is -2.31. The second kappa shape index (κ2) is 20.4. The molecule has 7 aromatic rings. The first-order valence-electron chi connectivity index (χ1n) is 20.7. The highest BCUT2D eigenvalue weighted by molar-refractivity contribution is 7.99. The van der Waals surface area contributed by atoms with Crippen molar-refractivity contribution in [2.75, 3.05) is 16.8 Å². The Balaban J connectivity index is 0.938. The first-order chi connectivity index (χ1) is 30.4. The number of rotatable bonds is 16. The van der Waals surface area contributed by atoms with Crippen molar-refractivity contribution >= 4 is 35.0 Å². The van der Waals surface area contributed by atoms with Gasteiger partial charge < -0.3 is 35.4 Å². The lowest BCUT2D eigenvalue weighted by Gasteiger charge is -2.36. The van der Waals surface area contributed by atoms with Crippen molar-refractivity contribution in [1.29, 1.82) is 0 Å². The summed E-state index contributed by atoms with van der Waals surface area (Å²) in [6.07, 6.45) is 0.351. The van der Waals surface area contributed by atoms with Crippen LogP contribution in [-0.2, 0) is 32.2 Å². The van der Waals surface area contributed by atoms with E-state index >= 15 is 0 Å². The molecular formula is C51H48N4O6S. The fourth-order valence-electron chi connectivity index (χ4n) is 7.37. The number of benzene rings is 6. The van der Waals surface area contributed by atoms with Crippen LogP contribution in [0.5, 0.6) is 0 Å². The molecule has 6 aromatic carbocycles. The molecule has 1 saturated heterocycles. The predicted octanol–water partition coefficient (Wildman–Crippen LogP) is 10.5. The molecule has 0 radical (unpaired) electrons. The molecule has 10 nitrogen and oxygen atoms in total. The van der Waals surface area contributed by atoms with E-state index in [0.717, 1.165) is 56.0 Å². The van der Waals surface area contributed by atoms with Crippen LogP contribution in [0.3, 0.4) is 0 Å². The van der Waals surface area contributed by atoms with E-state index in [1.807, 2.05) is 127 Å². The van der Waals surface area contributed by atoms with Gasteiger partial charge in [-0.2, -0.15) is 0 Å². The highest BCUT2D eigenvalue weighted by atomic mass is 32.2. The van der Waals surface area contributed by atoms with Crippen molar-refractivity contribution in [3.8, 4) is 33.7 Å². The molecule has 2 heterocycles. The van der Waals surface area contributed by atoms with Crippen LogP contribution in [0.25, 0.3) is 33.7 Å². The van der Waals surface area contributed by atoms with Gasteiger partial charge in [0, 0.05) is 48.3 Å². The first-order valence-corrected chi connectivity index (χ1v) is 21.7. The number of nitrogen functional groups attached to an aromatic ring is 1. The van der Waals surface area contributed by atoms with E-state index in [1.54, 1.807) is 18.2 Å². The van der Waals surface area contributed by atoms with Crippen molar-refractivity contribution in [2.24, 2.45) is 0 Å². The minimum absolute atomic E-state index is 0.0323. The van der Waals surface area contributed by atoms with Gasteiger partial charge in [0.15, 0.2) is 12.1 Å². The first kappa shape index (κ1) is 42.2. The van der Waals surface area contributed by atoms with Gasteiger partial charge in [0.25, 0.3) is 5.22 Å². The Morgan fingerprint density at radius 3 is 2.13 bits per heavy atom. The second-order valence-electron chi connectivity index (χ2n) is 15.1. The van der Waals surface area contributed by atoms with E-state index in [-0.39, 0.29) is 43.5 Å². The van der Waals surface area contributed by atoms with Crippen LogP contribution >= 0.6 is 11.8 Å². The number of hydrogen-bond donors (Lipinski definition) is 4. The van der Waals surface area contributed by atoms with E-state index in [9.17, 15) is 14.7 Å². The Morgan fingerprint density at radius 1 is 0.694 bits per heavy atom. The zero-order valence-electron chi connectivity index (χ0n) is 34.1. The van der Waals surface area contributed by atoms with Gasteiger partial charge in [-0.05, 0) is 58.5 Å². The summed E-state index contributed by atoms with van der Waals surface area (Å²) in [5.41, 5.74) is 15.4. The molecular weight excluding hydrogens is 797 g/mol. The number of thioether (sulfide) groups is 1. The SMILES string of the molecule is Nc1ccccc1NC(=O)CCCC(=O)NCc1cccc(-c2cccc(C3OC(CSc4nc(-c5ccccc5)c(-c5ccccc5)o4)CC(c4ccc(CO)cc4)O3)c2)c1. The monoisotopic (exact) mass is 844 g/mol. The Bertz CT molecular complexity index is 2530. The van der Waals surface area contributed by atoms with Gasteiger partial charge in [-0.3, -0.25) is 9.59 Å². The number of ether oxygens (including phenoxy) is 2. The third-order valence-electron chi connectivity index (χ3n) is 10.6. The van der Waals surface area contributed by atoms with E-state index < -0.39 is 6.29 Å². The largest absolute Gasteiger partial charge is 0.431 e. The maximum Gasteiger partial charge on any atom is 0.256 e. The zero-order chi connectivity index (χ0) is 42.7. The highest BCUT2D eigenvalue weighted by Gasteiger charge is 2.33. The number of nitrogens with one attached hydrogen (secondary N) is 2. The topological polar surface area (TPSA) is 149 Å². The number of amides is 2. The van der Waals surface area contributed by atoms with Crippen molar-refractivity contribution in [1.82, 2.24) is 10.3 Å². The van der Waals surface area contributed by atoms with Crippen molar-refractivity contribution in [3.05, 3.63) is 180 Å². The third kappa shape index (κ3) is 10.9. The molecule has 314 valence electrons. The van der Waals surface area contributed by atoms with Gasteiger partial charge in [0.2, 0.25) is 11.8 Å². The number of para-hydroxylation sites is 2. The summed E-state index contributed by atoms with van der Waals surface area (Å²) in [5, 5.41) is 16.1. The molecule has 1 aliphatic rings. The molecule has 0 saturated carbocycles. The molecule has 1 aliphatic heterocycles. The Hall–Kier alpha value is -6.50. The zero-order valence-corrected chi connectivity index (χ0v) is 34.9. The standard InChI is InChI=1S/C51H48N4O6S/c52-43-20-7-8-21-44(43)54-47(58)23-11-22-46(57)53-31-35-12-9-17-39(28-35)40-18-10-19-41(29-40)50-59-42(30-45(60-50)36-26-24-34(32-56)25-27-36)33-62-51-55-48(37-13-3-1-4-14-37)49(61-51)38-15-5-2-6-16-38/h1-10,12-21,24-29,42,45,50,56H,11,22-23,30-33,52H2,(H,53,57)(H,54,58). The number of nitrogens with zero attached hydrogens (tertiary/aromatic N) is 1. The molecule has 5 N–H and O–H groups in total. The number of carbonyl (C=O) groups is 2. The van der Waals surface area contributed by atoms with Crippen LogP contribution < -0.4 is 16.4 Å². The summed E-state index contributed by atoms with van der Waals surface area (Å²) >= 11 is 1.52. The average Bonchev–Trinajstić information content (AvgIpc) is 3.76. The maximum atomic E-state index is 12.7. The third-order valence-corrected chi connectivity index (χ3v) is 11.6. The van der Waals surface area contributed by atoms with E-state index in [0.29, 0.717) is 41.7 Å². The Kier molecular flexibility index (Phi) is 13.9. The number of aliphatic hydroxyl groups excluding tert-OH is 1. The van der Waals surface area contributed by atoms with Crippen LogP contribution in [0, 0.1) is 0 Å². The summed E-state index contributed by atoms with van der Waals surface area (Å²) in [5.74, 6) is 0.998. The molecule has 1 aromatic heterocycles. The Morgan fingerprint density at radius 2 is 1.37 bits per heavy atom.